The molecule has 1 heterocycles. The minimum atomic E-state index is -0.468. The highest BCUT2D eigenvalue weighted by Crippen LogP contribution is 2.24. The van der Waals surface area contributed by atoms with E-state index < -0.39 is 5.69 Å². The first-order chi connectivity index (χ1) is 9.93. The Morgan fingerprint density at radius 3 is 2.71 bits per heavy atom. The first-order valence-electron chi connectivity index (χ1n) is 6.72. The number of aromatic amines is 1. The molecule has 1 aromatic heterocycles. The van der Waals surface area contributed by atoms with Crippen molar-refractivity contribution in [3.05, 3.63) is 54.7 Å². The van der Waals surface area contributed by atoms with Crippen LogP contribution in [-0.4, -0.2) is 9.55 Å². The van der Waals surface area contributed by atoms with Crippen molar-refractivity contribution in [2.45, 2.75) is 26.8 Å². The molecule has 0 bridgehead atoms. The van der Waals surface area contributed by atoms with E-state index in [4.69, 9.17) is 11.6 Å². The van der Waals surface area contributed by atoms with Crippen molar-refractivity contribution in [2.24, 2.45) is 5.92 Å². The highest BCUT2D eigenvalue weighted by molar-refractivity contribution is 9.10. The number of halogens is 2. The first kappa shape index (κ1) is 16.0. The Morgan fingerprint density at radius 1 is 1.38 bits per heavy atom. The SMILES string of the molecule is CCC(C)Cn1c(=O)[nH]c(Cl)c(-c2cccc(Br)c2)c1=O. The van der Waals surface area contributed by atoms with Crippen LogP contribution in [-0.2, 0) is 6.54 Å². The maximum absolute atomic E-state index is 12.6. The van der Waals surface area contributed by atoms with Crippen LogP contribution in [0.15, 0.2) is 38.3 Å². The van der Waals surface area contributed by atoms with Crippen molar-refractivity contribution in [2.75, 3.05) is 0 Å². The molecule has 0 saturated heterocycles. The molecule has 0 saturated carbocycles. The summed E-state index contributed by atoms with van der Waals surface area (Å²) in [5, 5.41) is 0.0727. The summed E-state index contributed by atoms with van der Waals surface area (Å²) in [6.45, 7) is 4.40. The maximum atomic E-state index is 12.6. The molecule has 0 spiro atoms. The molecule has 4 nitrogen and oxygen atoms in total. The fourth-order valence-corrected chi connectivity index (χ4v) is 2.72. The van der Waals surface area contributed by atoms with Gasteiger partial charge < -0.3 is 0 Å². The minimum absolute atomic E-state index is 0.0727. The van der Waals surface area contributed by atoms with Crippen LogP contribution >= 0.6 is 27.5 Å². The number of benzene rings is 1. The summed E-state index contributed by atoms with van der Waals surface area (Å²) in [4.78, 5) is 27.1. The second-order valence-corrected chi connectivity index (χ2v) is 6.35. The summed E-state index contributed by atoms with van der Waals surface area (Å²) in [7, 11) is 0. The van der Waals surface area contributed by atoms with Gasteiger partial charge in [-0.1, -0.05) is 59.9 Å². The van der Waals surface area contributed by atoms with E-state index in [1.54, 1.807) is 12.1 Å². The third-order valence-electron chi connectivity index (χ3n) is 3.44. The second-order valence-electron chi connectivity index (χ2n) is 5.06. The highest BCUT2D eigenvalue weighted by atomic mass is 79.9. The summed E-state index contributed by atoms with van der Waals surface area (Å²) in [6.07, 6.45) is 0.890. The van der Waals surface area contributed by atoms with Crippen molar-refractivity contribution in [1.29, 1.82) is 0 Å². The van der Waals surface area contributed by atoms with E-state index in [9.17, 15) is 9.59 Å². The summed E-state index contributed by atoms with van der Waals surface area (Å²) in [5.41, 5.74) is 0.167. The summed E-state index contributed by atoms with van der Waals surface area (Å²) in [5.74, 6) is 0.236. The zero-order valence-electron chi connectivity index (χ0n) is 11.8. The maximum Gasteiger partial charge on any atom is 0.329 e. The van der Waals surface area contributed by atoms with Crippen LogP contribution in [0.1, 0.15) is 20.3 Å². The van der Waals surface area contributed by atoms with Gasteiger partial charge in [0.2, 0.25) is 0 Å². The van der Waals surface area contributed by atoms with Gasteiger partial charge in [-0.05, 0) is 23.6 Å². The largest absolute Gasteiger partial charge is 0.329 e. The fourth-order valence-electron chi connectivity index (χ4n) is 2.05. The number of hydrogen-bond donors (Lipinski definition) is 1. The van der Waals surface area contributed by atoms with E-state index in [1.165, 1.54) is 4.57 Å². The molecule has 1 atom stereocenters. The standard InChI is InChI=1S/C15H16BrClN2O2/c1-3-9(2)8-19-14(20)12(13(17)18-15(19)21)10-5-4-6-11(16)7-10/h4-7,9H,3,8H2,1-2H3,(H,18,21). The molecular weight excluding hydrogens is 356 g/mol. The molecule has 0 aliphatic carbocycles. The van der Waals surface area contributed by atoms with Gasteiger partial charge in [0.1, 0.15) is 5.15 Å². The van der Waals surface area contributed by atoms with Crippen molar-refractivity contribution < 1.29 is 0 Å². The average molecular weight is 372 g/mol. The highest BCUT2D eigenvalue weighted by Gasteiger charge is 2.16. The fraction of sp³-hybridized carbons (Fsp3) is 0.333. The van der Waals surface area contributed by atoms with Gasteiger partial charge in [0.25, 0.3) is 5.56 Å². The minimum Gasteiger partial charge on any atom is -0.297 e. The smallest absolute Gasteiger partial charge is 0.297 e. The molecule has 0 radical (unpaired) electrons. The van der Waals surface area contributed by atoms with Crippen LogP contribution in [0.3, 0.4) is 0 Å². The van der Waals surface area contributed by atoms with E-state index in [-0.39, 0.29) is 16.6 Å². The van der Waals surface area contributed by atoms with Crippen LogP contribution in [0.4, 0.5) is 0 Å². The van der Waals surface area contributed by atoms with Gasteiger partial charge in [-0.25, -0.2) is 4.79 Å². The van der Waals surface area contributed by atoms with E-state index in [0.717, 1.165) is 10.9 Å². The Balaban J connectivity index is 2.65. The van der Waals surface area contributed by atoms with Gasteiger partial charge in [0, 0.05) is 11.0 Å². The van der Waals surface area contributed by atoms with Crippen LogP contribution in [0.2, 0.25) is 5.15 Å². The lowest BCUT2D eigenvalue weighted by molar-refractivity contribution is 0.447. The lowest BCUT2D eigenvalue weighted by atomic mass is 10.1. The van der Waals surface area contributed by atoms with Crippen LogP contribution in [0.25, 0.3) is 11.1 Å². The van der Waals surface area contributed by atoms with Crippen LogP contribution in [0.5, 0.6) is 0 Å². The summed E-state index contributed by atoms with van der Waals surface area (Å²) in [6, 6.07) is 7.27. The molecule has 1 aromatic carbocycles. The number of H-pyrrole nitrogens is 1. The predicted molar refractivity (Wildman–Crippen MR) is 88.9 cm³/mol. The monoisotopic (exact) mass is 370 g/mol. The van der Waals surface area contributed by atoms with Gasteiger partial charge in [-0.15, -0.1) is 0 Å². The molecule has 0 aliphatic rings. The molecule has 1 N–H and O–H groups in total. The van der Waals surface area contributed by atoms with E-state index in [0.29, 0.717) is 17.7 Å². The zero-order valence-corrected chi connectivity index (χ0v) is 14.2. The number of nitrogens with one attached hydrogen (secondary N) is 1. The van der Waals surface area contributed by atoms with E-state index in [2.05, 4.69) is 20.9 Å². The first-order valence-corrected chi connectivity index (χ1v) is 7.89. The Hall–Kier alpha value is -1.33. The number of nitrogens with zero attached hydrogens (tertiary/aromatic N) is 1. The molecule has 0 amide bonds. The molecule has 0 aliphatic heterocycles. The Labute approximate surface area is 135 Å². The van der Waals surface area contributed by atoms with Crippen molar-refractivity contribution >= 4 is 27.5 Å². The van der Waals surface area contributed by atoms with Gasteiger partial charge in [0.15, 0.2) is 0 Å². The zero-order chi connectivity index (χ0) is 15.6. The molecule has 2 aromatic rings. The van der Waals surface area contributed by atoms with Crippen molar-refractivity contribution in [3.8, 4) is 11.1 Å². The second kappa shape index (κ2) is 6.62. The van der Waals surface area contributed by atoms with E-state index >= 15 is 0 Å². The molecule has 21 heavy (non-hydrogen) atoms. The Morgan fingerprint density at radius 2 is 2.10 bits per heavy atom. The van der Waals surface area contributed by atoms with Gasteiger partial charge in [-0.2, -0.15) is 0 Å². The van der Waals surface area contributed by atoms with Crippen LogP contribution < -0.4 is 11.2 Å². The molecule has 1 unspecified atom stereocenters. The lowest BCUT2D eigenvalue weighted by Crippen LogP contribution is -2.37. The van der Waals surface area contributed by atoms with Crippen molar-refractivity contribution in [3.63, 3.8) is 0 Å². The number of rotatable bonds is 4. The number of hydrogen-bond acceptors (Lipinski definition) is 2. The van der Waals surface area contributed by atoms with Crippen LogP contribution in [0, 0.1) is 5.92 Å². The normalized spacial score (nSPS) is 12.4. The van der Waals surface area contributed by atoms with Gasteiger partial charge in [-0.3, -0.25) is 14.3 Å². The van der Waals surface area contributed by atoms with Gasteiger partial charge in [0.05, 0.1) is 5.56 Å². The summed E-state index contributed by atoms with van der Waals surface area (Å²) < 4.78 is 2.06. The summed E-state index contributed by atoms with van der Waals surface area (Å²) >= 11 is 9.45. The molecular formula is C15H16BrClN2O2. The Bertz CT molecular complexity index is 767. The lowest BCUT2D eigenvalue weighted by Gasteiger charge is -2.12. The predicted octanol–water partition coefficient (Wildman–Crippen LogP) is 3.67. The molecule has 0 fully saturated rings. The van der Waals surface area contributed by atoms with Gasteiger partial charge >= 0.3 is 5.69 Å². The third-order valence-corrected chi connectivity index (χ3v) is 4.22. The van der Waals surface area contributed by atoms with Crippen molar-refractivity contribution in [1.82, 2.24) is 9.55 Å². The van der Waals surface area contributed by atoms with E-state index in [1.807, 2.05) is 26.0 Å². The third kappa shape index (κ3) is 3.47. The quantitative estimate of drug-likeness (QED) is 0.834. The molecule has 112 valence electrons. The molecule has 6 heteroatoms. The average Bonchev–Trinajstić information content (AvgIpc) is 2.43. The molecule has 2 rings (SSSR count). The number of aromatic nitrogens is 2. The Kier molecular flexibility index (Phi) is 5.06. The topological polar surface area (TPSA) is 54.9 Å².